The zero-order valence-electron chi connectivity index (χ0n) is 5.93. The van der Waals surface area contributed by atoms with Crippen LogP contribution in [0.3, 0.4) is 0 Å². The van der Waals surface area contributed by atoms with Gasteiger partial charge in [-0.1, -0.05) is 28.1 Å². The summed E-state index contributed by atoms with van der Waals surface area (Å²) in [5, 5.41) is 10.4. The molecule has 0 unspecified atom stereocenters. The fourth-order valence-electron chi connectivity index (χ4n) is 0.829. The average Bonchev–Trinajstić information content (AvgIpc) is 1.94. The van der Waals surface area contributed by atoms with Crippen LogP contribution in [0.15, 0.2) is 22.7 Å². The van der Waals surface area contributed by atoms with Crippen LogP contribution >= 0.6 is 15.9 Å². The highest BCUT2D eigenvalue weighted by Crippen LogP contribution is 2.18. The molecule has 0 bridgehead atoms. The Kier molecular flexibility index (Phi) is 2.29. The monoisotopic (exact) mass is 213 g/mol. The van der Waals surface area contributed by atoms with Crippen molar-refractivity contribution in [3.8, 4) is 0 Å². The molecular weight excluding hydrogens is 208 g/mol. The Hall–Kier alpha value is -0.830. The number of carboxylic acids is 1. The summed E-state index contributed by atoms with van der Waals surface area (Å²) < 4.78 is 0.791. The normalized spacial score (nSPS) is 9.64. The van der Waals surface area contributed by atoms with Gasteiger partial charge in [-0.15, -0.1) is 0 Å². The van der Waals surface area contributed by atoms with E-state index in [4.69, 9.17) is 0 Å². The van der Waals surface area contributed by atoms with Gasteiger partial charge in [-0.05, 0) is 18.6 Å². The highest BCUT2D eigenvalue weighted by molar-refractivity contribution is 9.10. The second kappa shape index (κ2) is 3.05. The summed E-state index contributed by atoms with van der Waals surface area (Å²) in [6.45, 7) is 1.73. The van der Waals surface area contributed by atoms with Crippen LogP contribution in [0.5, 0.6) is 0 Å². The van der Waals surface area contributed by atoms with Crippen molar-refractivity contribution < 1.29 is 9.90 Å². The highest BCUT2D eigenvalue weighted by atomic mass is 79.9. The molecule has 3 heteroatoms. The standard InChI is InChI=1S/C8H7BrO2/c1-5-6(8(10)11)3-2-4-7(5)9/h2-4H,1H3,(H,10,11)/p-1. The van der Waals surface area contributed by atoms with Gasteiger partial charge in [-0.3, -0.25) is 0 Å². The number of hydrogen-bond acceptors (Lipinski definition) is 2. The van der Waals surface area contributed by atoms with E-state index >= 15 is 0 Å². The minimum absolute atomic E-state index is 0.236. The van der Waals surface area contributed by atoms with Gasteiger partial charge in [-0.25, -0.2) is 0 Å². The largest absolute Gasteiger partial charge is 0.545 e. The van der Waals surface area contributed by atoms with E-state index in [1.807, 2.05) is 0 Å². The number of halogens is 1. The molecule has 0 aliphatic rings. The van der Waals surface area contributed by atoms with Gasteiger partial charge in [0.05, 0.1) is 5.97 Å². The third kappa shape index (κ3) is 1.60. The van der Waals surface area contributed by atoms with E-state index in [0.29, 0.717) is 5.56 Å². The summed E-state index contributed by atoms with van der Waals surface area (Å²) in [7, 11) is 0. The van der Waals surface area contributed by atoms with Gasteiger partial charge in [0, 0.05) is 10.0 Å². The Bertz CT molecular complexity index is 294. The van der Waals surface area contributed by atoms with Crippen molar-refractivity contribution in [2.45, 2.75) is 6.92 Å². The van der Waals surface area contributed by atoms with E-state index in [1.54, 1.807) is 19.1 Å². The van der Waals surface area contributed by atoms with Gasteiger partial charge < -0.3 is 9.90 Å². The van der Waals surface area contributed by atoms with Gasteiger partial charge in [-0.2, -0.15) is 0 Å². The number of carbonyl (C=O) groups excluding carboxylic acids is 1. The zero-order valence-corrected chi connectivity index (χ0v) is 7.51. The molecule has 58 valence electrons. The van der Waals surface area contributed by atoms with Gasteiger partial charge in [0.1, 0.15) is 0 Å². The molecule has 0 amide bonds. The summed E-state index contributed by atoms with van der Waals surface area (Å²) in [4.78, 5) is 10.4. The summed E-state index contributed by atoms with van der Waals surface area (Å²) in [6.07, 6.45) is 0. The molecule has 0 spiro atoms. The van der Waals surface area contributed by atoms with Crippen LogP contribution in [0.4, 0.5) is 0 Å². The second-order valence-corrected chi connectivity index (χ2v) is 3.05. The summed E-state index contributed by atoms with van der Waals surface area (Å²) >= 11 is 3.22. The maximum atomic E-state index is 10.4. The van der Waals surface area contributed by atoms with Crippen LogP contribution in [0, 0.1) is 6.92 Å². The predicted octanol–water partition coefficient (Wildman–Crippen LogP) is 1.12. The Morgan fingerprint density at radius 2 is 2.18 bits per heavy atom. The summed E-state index contributed by atoms with van der Waals surface area (Å²) in [5.74, 6) is -1.14. The summed E-state index contributed by atoms with van der Waals surface area (Å²) in [6, 6.07) is 4.99. The molecule has 1 rings (SSSR count). The van der Waals surface area contributed by atoms with Crippen LogP contribution in [0.2, 0.25) is 0 Å². The van der Waals surface area contributed by atoms with Crippen molar-refractivity contribution >= 4 is 21.9 Å². The number of benzene rings is 1. The van der Waals surface area contributed by atoms with Gasteiger partial charge in [0.15, 0.2) is 0 Å². The Balaban J connectivity index is 3.27. The molecule has 0 aliphatic heterocycles. The first-order chi connectivity index (χ1) is 5.13. The topological polar surface area (TPSA) is 40.1 Å². The lowest BCUT2D eigenvalue weighted by molar-refractivity contribution is -0.255. The molecule has 0 saturated heterocycles. The smallest absolute Gasteiger partial charge is 0.0718 e. The number of hydrogen-bond donors (Lipinski definition) is 0. The van der Waals surface area contributed by atoms with Crippen molar-refractivity contribution in [3.63, 3.8) is 0 Å². The minimum Gasteiger partial charge on any atom is -0.545 e. The first-order valence-corrected chi connectivity index (χ1v) is 3.88. The Labute approximate surface area is 73.0 Å². The fourth-order valence-corrected chi connectivity index (χ4v) is 1.19. The van der Waals surface area contributed by atoms with Crippen molar-refractivity contribution in [3.05, 3.63) is 33.8 Å². The minimum atomic E-state index is -1.14. The van der Waals surface area contributed by atoms with E-state index in [2.05, 4.69) is 15.9 Å². The molecule has 0 fully saturated rings. The van der Waals surface area contributed by atoms with Gasteiger partial charge >= 0.3 is 0 Å². The summed E-state index contributed by atoms with van der Waals surface area (Å²) in [5.41, 5.74) is 0.937. The number of aromatic carboxylic acids is 1. The van der Waals surface area contributed by atoms with Crippen LogP contribution in [0.1, 0.15) is 15.9 Å². The quantitative estimate of drug-likeness (QED) is 0.702. The molecule has 1 aromatic rings. The van der Waals surface area contributed by atoms with E-state index < -0.39 is 5.97 Å². The molecule has 0 atom stereocenters. The van der Waals surface area contributed by atoms with Gasteiger partial charge in [0.2, 0.25) is 0 Å². The molecular formula is C8H6BrO2-. The van der Waals surface area contributed by atoms with Crippen LogP contribution < -0.4 is 5.11 Å². The predicted molar refractivity (Wildman–Crippen MR) is 43.2 cm³/mol. The Morgan fingerprint density at radius 1 is 1.55 bits per heavy atom. The van der Waals surface area contributed by atoms with E-state index in [0.717, 1.165) is 4.47 Å². The molecule has 0 aromatic heterocycles. The molecule has 0 radical (unpaired) electrons. The number of carboxylic acid groups (broad SMARTS) is 1. The number of rotatable bonds is 1. The lowest BCUT2D eigenvalue weighted by Gasteiger charge is -2.06. The van der Waals surface area contributed by atoms with Gasteiger partial charge in [0.25, 0.3) is 0 Å². The van der Waals surface area contributed by atoms with Crippen LogP contribution in [-0.4, -0.2) is 5.97 Å². The van der Waals surface area contributed by atoms with E-state index in [1.165, 1.54) is 6.07 Å². The second-order valence-electron chi connectivity index (χ2n) is 2.20. The third-order valence-electron chi connectivity index (χ3n) is 1.49. The molecule has 0 saturated carbocycles. The third-order valence-corrected chi connectivity index (χ3v) is 2.35. The van der Waals surface area contributed by atoms with Crippen LogP contribution in [-0.2, 0) is 0 Å². The highest BCUT2D eigenvalue weighted by Gasteiger charge is 2.00. The molecule has 0 heterocycles. The molecule has 2 nitrogen and oxygen atoms in total. The van der Waals surface area contributed by atoms with Crippen LogP contribution in [0.25, 0.3) is 0 Å². The van der Waals surface area contributed by atoms with Crippen molar-refractivity contribution in [1.29, 1.82) is 0 Å². The van der Waals surface area contributed by atoms with Crippen molar-refractivity contribution in [2.24, 2.45) is 0 Å². The van der Waals surface area contributed by atoms with Crippen molar-refractivity contribution in [1.82, 2.24) is 0 Å². The molecule has 1 aromatic carbocycles. The van der Waals surface area contributed by atoms with E-state index in [9.17, 15) is 9.90 Å². The fraction of sp³-hybridized carbons (Fsp3) is 0.125. The maximum Gasteiger partial charge on any atom is 0.0718 e. The van der Waals surface area contributed by atoms with E-state index in [-0.39, 0.29) is 5.56 Å². The lowest BCUT2D eigenvalue weighted by atomic mass is 10.1. The molecule has 0 N–H and O–H groups in total. The zero-order chi connectivity index (χ0) is 8.43. The first kappa shape index (κ1) is 8.27. The Morgan fingerprint density at radius 3 is 2.64 bits per heavy atom. The first-order valence-electron chi connectivity index (χ1n) is 3.09. The SMILES string of the molecule is Cc1c(Br)cccc1C(=O)[O-]. The van der Waals surface area contributed by atoms with Crippen molar-refractivity contribution in [2.75, 3.05) is 0 Å². The molecule has 11 heavy (non-hydrogen) atoms. The molecule has 0 aliphatic carbocycles. The average molecular weight is 214 g/mol. The lowest BCUT2D eigenvalue weighted by Crippen LogP contribution is -2.23. The maximum absolute atomic E-state index is 10.4. The number of carbonyl (C=O) groups is 1.